The van der Waals surface area contributed by atoms with E-state index in [1.165, 1.54) is 4.57 Å². The van der Waals surface area contributed by atoms with Crippen LogP contribution in [0.15, 0.2) is 80.7 Å². The van der Waals surface area contributed by atoms with Crippen molar-refractivity contribution >= 4 is 45.3 Å². The molecule has 0 radical (unpaired) electrons. The zero-order chi connectivity index (χ0) is 24.8. The number of ether oxygens (including phenoxy) is 2. The van der Waals surface area contributed by atoms with Gasteiger partial charge in [0, 0.05) is 5.39 Å². The number of furan rings is 1. The van der Waals surface area contributed by atoms with Gasteiger partial charge >= 0.3 is 5.69 Å². The molecule has 3 heterocycles. The number of fused-ring (bicyclic) bond motifs is 4. The van der Waals surface area contributed by atoms with Crippen LogP contribution in [0.3, 0.4) is 0 Å². The van der Waals surface area contributed by atoms with Gasteiger partial charge in [-0.15, -0.1) is 0 Å². The number of hydrogen-bond acceptors (Lipinski definition) is 6. The summed E-state index contributed by atoms with van der Waals surface area (Å²) in [4.78, 5) is 40.1. The van der Waals surface area contributed by atoms with Crippen molar-refractivity contribution in [1.29, 1.82) is 0 Å². The molecule has 0 aliphatic carbocycles. The highest BCUT2D eigenvalue weighted by molar-refractivity contribution is 6.33. The number of carbonyl (C=O) groups excluding carboxylic acids is 1. The number of halogens is 1. The van der Waals surface area contributed by atoms with E-state index in [-0.39, 0.29) is 31.0 Å². The highest BCUT2D eigenvalue weighted by atomic mass is 35.5. The van der Waals surface area contributed by atoms with Crippen LogP contribution in [0.5, 0.6) is 11.5 Å². The van der Waals surface area contributed by atoms with Crippen LogP contribution in [0, 0.1) is 0 Å². The Morgan fingerprint density at radius 2 is 1.72 bits per heavy atom. The average molecular weight is 504 g/mol. The minimum atomic E-state index is -0.647. The number of benzene rings is 3. The van der Waals surface area contributed by atoms with Crippen molar-refractivity contribution in [2.75, 3.05) is 12.1 Å². The summed E-state index contributed by atoms with van der Waals surface area (Å²) in [5.74, 6) is 0.641. The number of nitrogens with one attached hydrogen (secondary N) is 1. The summed E-state index contributed by atoms with van der Waals surface area (Å²) >= 11 is 6.17. The van der Waals surface area contributed by atoms with Gasteiger partial charge in [0.1, 0.15) is 17.6 Å². The molecule has 3 aromatic carbocycles. The Morgan fingerprint density at radius 1 is 0.944 bits per heavy atom. The second-order valence-corrected chi connectivity index (χ2v) is 8.66. The predicted octanol–water partition coefficient (Wildman–Crippen LogP) is 3.98. The Bertz CT molecular complexity index is 1780. The summed E-state index contributed by atoms with van der Waals surface area (Å²) in [7, 11) is 0. The van der Waals surface area contributed by atoms with Crippen LogP contribution in [0.1, 0.15) is 5.56 Å². The fourth-order valence-electron chi connectivity index (χ4n) is 4.30. The number of nitrogens with zero attached hydrogens (tertiary/aromatic N) is 2. The van der Waals surface area contributed by atoms with Crippen LogP contribution < -0.4 is 26.0 Å². The molecule has 0 bridgehead atoms. The number of anilines is 1. The maximum Gasteiger partial charge on any atom is 0.332 e. The number of hydrogen-bond donors (Lipinski definition) is 1. The standard InChI is InChI=1S/C26H18ClN3O6/c27-17-6-2-3-7-18(17)28-22(31)13-29-23-16-5-1-4-8-19(16)36-24(23)25(32)30(26(29)33)12-15-9-10-20-21(11-15)35-14-34-20/h1-11H,12-14H2,(H,28,31). The number of rotatable bonds is 5. The van der Waals surface area contributed by atoms with Gasteiger partial charge in [0.15, 0.2) is 11.5 Å². The fraction of sp³-hybridized carbons (Fsp3) is 0.115. The largest absolute Gasteiger partial charge is 0.454 e. The van der Waals surface area contributed by atoms with Crippen molar-refractivity contribution in [2.45, 2.75) is 13.1 Å². The van der Waals surface area contributed by atoms with Gasteiger partial charge in [-0.1, -0.05) is 41.9 Å². The van der Waals surface area contributed by atoms with Crippen LogP contribution in [0.4, 0.5) is 5.69 Å². The summed E-state index contributed by atoms with van der Waals surface area (Å²) in [6.45, 7) is -0.296. The van der Waals surface area contributed by atoms with E-state index in [0.29, 0.717) is 38.7 Å². The molecule has 1 N–H and O–H groups in total. The smallest absolute Gasteiger partial charge is 0.332 e. The average Bonchev–Trinajstić information content (AvgIpc) is 3.50. The Kier molecular flexibility index (Phi) is 5.26. The number of aromatic nitrogens is 2. The van der Waals surface area contributed by atoms with Crippen molar-refractivity contribution < 1.29 is 18.7 Å². The van der Waals surface area contributed by atoms with Crippen LogP contribution in [-0.4, -0.2) is 21.8 Å². The van der Waals surface area contributed by atoms with Crippen molar-refractivity contribution in [3.8, 4) is 11.5 Å². The molecular weight excluding hydrogens is 486 g/mol. The molecule has 1 aliphatic heterocycles. The Balaban J connectivity index is 1.48. The summed E-state index contributed by atoms with van der Waals surface area (Å²) in [5.41, 5.74) is 0.516. The maximum atomic E-state index is 13.7. The summed E-state index contributed by atoms with van der Waals surface area (Å²) in [6, 6.07) is 19.0. The first-order valence-corrected chi connectivity index (χ1v) is 11.4. The fourth-order valence-corrected chi connectivity index (χ4v) is 4.48. The first kappa shape index (κ1) is 22.0. The Hall–Kier alpha value is -4.50. The van der Waals surface area contributed by atoms with Gasteiger partial charge in [0.05, 0.1) is 17.3 Å². The maximum absolute atomic E-state index is 13.7. The lowest BCUT2D eigenvalue weighted by atomic mass is 10.2. The molecule has 180 valence electrons. The quantitative estimate of drug-likeness (QED) is 0.389. The first-order valence-electron chi connectivity index (χ1n) is 11.1. The highest BCUT2D eigenvalue weighted by Gasteiger charge is 2.22. The van der Waals surface area contributed by atoms with Crippen molar-refractivity contribution in [1.82, 2.24) is 9.13 Å². The Labute approximate surface area is 208 Å². The minimum Gasteiger partial charge on any atom is -0.454 e. The van der Waals surface area contributed by atoms with E-state index in [9.17, 15) is 14.4 Å². The second kappa shape index (κ2) is 8.62. The summed E-state index contributed by atoms with van der Waals surface area (Å²) in [5, 5.41) is 3.65. The van der Waals surface area contributed by atoms with Gasteiger partial charge in [0.2, 0.25) is 18.3 Å². The van der Waals surface area contributed by atoms with Gasteiger partial charge in [0.25, 0.3) is 5.56 Å². The SMILES string of the molecule is O=C(Cn1c(=O)n(Cc2ccc3c(c2)OCO3)c(=O)c2oc3ccccc3c21)Nc1ccccc1Cl. The summed E-state index contributed by atoms with van der Waals surface area (Å²) < 4.78 is 18.9. The topological polar surface area (TPSA) is 105 Å². The van der Waals surface area contributed by atoms with E-state index in [2.05, 4.69) is 5.32 Å². The molecule has 1 amide bonds. The van der Waals surface area contributed by atoms with Gasteiger partial charge < -0.3 is 19.2 Å². The molecule has 0 fully saturated rings. The van der Waals surface area contributed by atoms with Crippen molar-refractivity contribution in [3.05, 3.63) is 98.2 Å². The zero-order valence-electron chi connectivity index (χ0n) is 18.7. The van der Waals surface area contributed by atoms with Crippen LogP contribution in [0.2, 0.25) is 5.02 Å². The second-order valence-electron chi connectivity index (χ2n) is 8.25. The van der Waals surface area contributed by atoms with Crippen LogP contribution >= 0.6 is 11.6 Å². The third-order valence-corrected chi connectivity index (χ3v) is 6.30. The molecule has 6 rings (SSSR count). The molecule has 0 unspecified atom stereocenters. The van der Waals surface area contributed by atoms with Crippen LogP contribution in [0.25, 0.3) is 22.1 Å². The normalized spacial score (nSPS) is 12.4. The third kappa shape index (κ3) is 3.70. The lowest BCUT2D eigenvalue weighted by molar-refractivity contribution is -0.116. The molecule has 36 heavy (non-hydrogen) atoms. The predicted molar refractivity (Wildman–Crippen MR) is 134 cm³/mol. The molecule has 9 nitrogen and oxygen atoms in total. The zero-order valence-corrected chi connectivity index (χ0v) is 19.4. The number of para-hydroxylation sites is 2. The monoisotopic (exact) mass is 503 g/mol. The highest BCUT2D eigenvalue weighted by Crippen LogP contribution is 2.32. The van der Waals surface area contributed by atoms with E-state index < -0.39 is 17.2 Å². The molecule has 0 saturated carbocycles. The van der Waals surface area contributed by atoms with Gasteiger partial charge in [-0.3, -0.25) is 18.7 Å². The van der Waals surface area contributed by atoms with E-state index in [4.69, 9.17) is 25.5 Å². The van der Waals surface area contributed by atoms with Gasteiger partial charge in [-0.2, -0.15) is 0 Å². The van der Waals surface area contributed by atoms with E-state index >= 15 is 0 Å². The molecule has 0 spiro atoms. The van der Waals surface area contributed by atoms with Gasteiger partial charge in [-0.25, -0.2) is 4.79 Å². The Morgan fingerprint density at radius 3 is 2.58 bits per heavy atom. The third-order valence-electron chi connectivity index (χ3n) is 5.97. The van der Waals surface area contributed by atoms with Crippen molar-refractivity contribution in [2.24, 2.45) is 0 Å². The molecule has 0 atom stereocenters. The summed E-state index contributed by atoms with van der Waals surface area (Å²) in [6.07, 6.45) is 0. The molecule has 1 aliphatic rings. The van der Waals surface area contributed by atoms with E-state index in [1.54, 1.807) is 66.7 Å². The number of carbonyl (C=O) groups is 1. The van der Waals surface area contributed by atoms with E-state index in [0.717, 1.165) is 4.57 Å². The number of amides is 1. The van der Waals surface area contributed by atoms with Crippen LogP contribution in [-0.2, 0) is 17.9 Å². The lowest BCUT2D eigenvalue weighted by Gasteiger charge is -2.13. The molecule has 2 aromatic heterocycles. The molecule has 0 saturated heterocycles. The molecular formula is C26H18ClN3O6. The molecule has 5 aromatic rings. The first-order chi connectivity index (χ1) is 17.5. The molecule has 10 heteroatoms. The van der Waals surface area contributed by atoms with Gasteiger partial charge in [-0.05, 0) is 42.0 Å². The minimum absolute atomic E-state index is 0.0120. The van der Waals surface area contributed by atoms with E-state index in [1.807, 2.05) is 0 Å². The van der Waals surface area contributed by atoms with Crippen molar-refractivity contribution in [3.63, 3.8) is 0 Å². The lowest BCUT2D eigenvalue weighted by Crippen LogP contribution is -2.41.